The summed E-state index contributed by atoms with van der Waals surface area (Å²) >= 11 is 0. The topological polar surface area (TPSA) is 69.7 Å². The van der Waals surface area contributed by atoms with E-state index in [0.29, 0.717) is 25.2 Å². The number of fused-ring (bicyclic) bond motifs is 1. The molecule has 134 valence electrons. The SMILES string of the molecule is CCCCOC(=O)C1Cc2ssc(=O)c2CC1C(=O)OCCCC. The highest BCUT2D eigenvalue weighted by molar-refractivity contribution is 7.68. The maximum atomic E-state index is 12.4. The molecular weight excluding hydrogens is 348 g/mol. The number of hydrogen-bond acceptors (Lipinski definition) is 7. The Kier molecular flexibility index (Phi) is 7.42. The first-order valence-corrected chi connectivity index (χ1v) is 10.7. The molecule has 0 amide bonds. The van der Waals surface area contributed by atoms with Crippen molar-refractivity contribution >= 4 is 32.6 Å². The summed E-state index contributed by atoms with van der Waals surface area (Å²) in [5.74, 6) is -1.90. The van der Waals surface area contributed by atoms with Crippen molar-refractivity contribution in [1.82, 2.24) is 0 Å². The van der Waals surface area contributed by atoms with Crippen LogP contribution in [-0.2, 0) is 31.9 Å². The van der Waals surface area contributed by atoms with E-state index in [2.05, 4.69) is 0 Å². The fourth-order valence-corrected chi connectivity index (χ4v) is 5.11. The summed E-state index contributed by atoms with van der Waals surface area (Å²) < 4.78 is 10.6. The minimum Gasteiger partial charge on any atom is -0.465 e. The molecule has 1 aromatic heterocycles. The third-order valence-electron chi connectivity index (χ3n) is 4.21. The van der Waals surface area contributed by atoms with Crippen LogP contribution in [0.1, 0.15) is 50.0 Å². The lowest BCUT2D eigenvalue weighted by Crippen LogP contribution is -2.39. The van der Waals surface area contributed by atoms with E-state index in [9.17, 15) is 14.4 Å². The van der Waals surface area contributed by atoms with Crippen LogP contribution in [0.5, 0.6) is 0 Å². The molecule has 1 aromatic rings. The largest absolute Gasteiger partial charge is 0.465 e. The second kappa shape index (κ2) is 9.32. The molecule has 1 aliphatic rings. The first kappa shape index (κ1) is 19.1. The minimum absolute atomic E-state index is 0.000779. The van der Waals surface area contributed by atoms with Crippen LogP contribution >= 0.6 is 20.7 Å². The summed E-state index contributed by atoms with van der Waals surface area (Å²) in [4.78, 5) is 37.7. The molecule has 2 rings (SSSR count). The van der Waals surface area contributed by atoms with Crippen LogP contribution < -0.4 is 4.74 Å². The van der Waals surface area contributed by atoms with Gasteiger partial charge in [-0.25, -0.2) is 0 Å². The Labute approximate surface area is 149 Å². The third kappa shape index (κ3) is 4.66. The van der Waals surface area contributed by atoms with E-state index >= 15 is 0 Å². The molecule has 0 fully saturated rings. The molecule has 24 heavy (non-hydrogen) atoms. The van der Waals surface area contributed by atoms with Crippen molar-refractivity contribution in [3.05, 3.63) is 20.0 Å². The standard InChI is InChI=1S/C17H24O5S2/c1-3-5-7-21-15(18)11-9-13-14(23-24-17(13)20)10-12(11)16(19)22-8-6-4-2/h11-12H,3-10H2,1-2H3. The van der Waals surface area contributed by atoms with Gasteiger partial charge in [-0.2, -0.15) is 0 Å². The molecule has 0 spiro atoms. The van der Waals surface area contributed by atoms with Crippen LogP contribution in [0.4, 0.5) is 0 Å². The van der Waals surface area contributed by atoms with E-state index in [0.717, 1.165) is 30.6 Å². The zero-order valence-corrected chi connectivity index (χ0v) is 15.8. The van der Waals surface area contributed by atoms with Crippen molar-refractivity contribution in [3.63, 3.8) is 0 Å². The molecule has 2 atom stereocenters. The number of rotatable bonds is 8. The van der Waals surface area contributed by atoms with E-state index in [1.165, 1.54) is 20.7 Å². The number of esters is 2. The minimum atomic E-state index is -0.613. The van der Waals surface area contributed by atoms with Gasteiger partial charge in [0.1, 0.15) is 0 Å². The van der Waals surface area contributed by atoms with Gasteiger partial charge < -0.3 is 9.47 Å². The van der Waals surface area contributed by atoms with Crippen LogP contribution in [0.25, 0.3) is 0 Å². The molecule has 1 heterocycles. The summed E-state index contributed by atoms with van der Waals surface area (Å²) in [6.45, 7) is 4.77. The van der Waals surface area contributed by atoms with Crippen molar-refractivity contribution in [2.45, 2.75) is 52.4 Å². The maximum Gasteiger partial charge on any atom is 0.310 e. The Balaban J connectivity index is 2.12. The van der Waals surface area contributed by atoms with E-state index in [1.807, 2.05) is 13.8 Å². The van der Waals surface area contributed by atoms with Crippen LogP contribution in [-0.4, -0.2) is 25.2 Å². The average Bonchev–Trinajstić information content (AvgIpc) is 2.94. The Morgan fingerprint density at radius 1 is 0.958 bits per heavy atom. The van der Waals surface area contributed by atoms with Gasteiger partial charge in [-0.1, -0.05) is 37.0 Å². The van der Waals surface area contributed by atoms with E-state index in [1.54, 1.807) is 0 Å². The summed E-state index contributed by atoms with van der Waals surface area (Å²) in [7, 11) is 2.58. The first-order chi connectivity index (χ1) is 11.6. The number of ether oxygens (including phenoxy) is 2. The summed E-state index contributed by atoms with van der Waals surface area (Å²) in [6.07, 6.45) is 4.16. The van der Waals surface area contributed by atoms with Crippen molar-refractivity contribution in [1.29, 1.82) is 0 Å². The number of carbonyl (C=O) groups excluding carboxylic acids is 2. The second-order valence-corrected chi connectivity index (χ2v) is 8.22. The molecule has 0 aliphatic heterocycles. The van der Waals surface area contributed by atoms with Gasteiger partial charge in [0.15, 0.2) is 0 Å². The third-order valence-corrected chi connectivity index (χ3v) is 6.61. The number of hydrogen-bond donors (Lipinski definition) is 0. The van der Waals surface area contributed by atoms with E-state index < -0.39 is 11.8 Å². The zero-order chi connectivity index (χ0) is 17.5. The van der Waals surface area contributed by atoms with Gasteiger partial charge in [0.05, 0.1) is 25.0 Å². The molecule has 1 aliphatic carbocycles. The van der Waals surface area contributed by atoms with E-state index in [-0.39, 0.29) is 23.1 Å². The molecule has 5 nitrogen and oxygen atoms in total. The predicted octanol–water partition coefficient (Wildman–Crippen LogP) is 3.19. The predicted molar refractivity (Wildman–Crippen MR) is 94.6 cm³/mol. The molecular formula is C17H24O5S2. The maximum absolute atomic E-state index is 12.4. The van der Waals surface area contributed by atoms with Crippen molar-refractivity contribution in [2.75, 3.05) is 13.2 Å². The van der Waals surface area contributed by atoms with Crippen molar-refractivity contribution in [2.24, 2.45) is 11.8 Å². The summed E-state index contributed by atoms with van der Waals surface area (Å²) in [6, 6.07) is 0. The molecule has 0 saturated carbocycles. The Morgan fingerprint density at radius 2 is 1.50 bits per heavy atom. The fraction of sp³-hybridized carbons (Fsp3) is 0.706. The van der Waals surface area contributed by atoms with Crippen LogP contribution in [0, 0.1) is 11.8 Å². The quantitative estimate of drug-likeness (QED) is 0.398. The van der Waals surface area contributed by atoms with Gasteiger partial charge in [-0.3, -0.25) is 14.4 Å². The highest BCUT2D eigenvalue weighted by Crippen LogP contribution is 2.34. The normalized spacial score (nSPS) is 19.6. The van der Waals surface area contributed by atoms with E-state index in [4.69, 9.17) is 9.47 Å². The second-order valence-electron chi connectivity index (χ2n) is 6.02. The number of carbonyl (C=O) groups is 2. The molecule has 0 radical (unpaired) electrons. The Morgan fingerprint density at radius 3 is 2.04 bits per heavy atom. The fourth-order valence-electron chi connectivity index (χ4n) is 2.70. The molecule has 0 aromatic carbocycles. The number of unbranched alkanes of at least 4 members (excludes halogenated alkanes) is 2. The van der Waals surface area contributed by atoms with Gasteiger partial charge >= 0.3 is 11.9 Å². The molecule has 0 bridgehead atoms. The monoisotopic (exact) mass is 372 g/mol. The summed E-state index contributed by atoms with van der Waals surface area (Å²) in [5, 5.41) is 0. The van der Waals surface area contributed by atoms with Gasteiger partial charge in [0.25, 0.3) is 0 Å². The van der Waals surface area contributed by atoms with Gasteiger partial charge in [-0.05, 0) is 36.0 Å². The van der Waals surface area contributed by atoms with Crippen LogP contribution in [0.2, 0.25) is 0 Å². The van der Waals surface area contributed by atoms with Crippen LogP contribution in [0.15, 0.2) is 4.79 Å². The smallest absolute Gasteiger partial charge is 0.310 e. The zero-order valence-electron chi connectivity index (χ0n) is 14.2. The first-order valence-electron chi connectivity index (χ1n) is 8.52. The van der Waals surface area contributed by atoms with Crippen molar-refractivity contribution < 1.29 is 19.1 Å². The molecule has 7 heteroatoms. The van der Waals surface area contributed by atoms with Gasteiger partial charge in [0.2, 0.25) is 4.74 Å². The van der Waals surface area contributed by atoms with Crippen molar-refractivity contribution in [3.8, 4) is 0 Å². The highest BCUT2D eigenvalue weighted by Gasteiger charge is 2.41. The Hall–Kier alpha value is -1.21. The van der Waals surface area contributed by atoms with Gasteiger partial charge in [-0.15, -0.1) is 0 Å². The van der Waals surface area contributed by atoms with Gasteiger partial charge in [0, 0.05) is 10.4 Å². The lowest BCUT2D eigenvalue weighted by Gasteiger charge is -2.27. The molecule has 0 saturated heterocycles. The average molecular weight is 373 g/mol. The van der Waals surface area contributed by atoms with Crippen LogP contribution in [0.3, 0.4) is 0 Å². The Bertz CT molecular complexity index is 619. The highest BCUT2D eigenvalue weighted by atomic mass is 32.9. The molecule has 0 N–H and O–H groups in total. The molecule has 2 unspecified atom stereocenters. The summed E-state index contributed by atoms with van der Waals surface area (Å²) in [5.41, 5.74) is 0.681. The lowest BCUT2D eigenvalue weighted by molar-refractivity contribution is -0.161. The lowest BCUT2D eigenvalue weighted by atomic mass is 9.79.